The molecule has 24 heavy (non-hydrogen) atoms. The molecule has 2 atom stereocenters. The van der Waals surface area contributed by atoms with Gasteiger partial charge in [-0.3, -0.25) is 14.9 Å². The van der Waals surface area contributed by atoms with Crippen molar-refractivity contribution in [3.8, 4) is 0 Å². The summed E-state index contributed by atoms with van der Waals surface area (Å²) in [5.74, 6) is -1.03. The third kappa shape index (κ3) is 2.90. The highest BCUT2D eigenvalue weighted by molar-refractivity contribution is 6.09. The summed E-state index contributed by atoms with van der Waals surface area (Å²) in [4.78, 5) is 27.3. The second-order valence-electron chi connectivity index (χ2n) is 5.78. The lowest BCUT2D eigenvalue weighted by atomic mass is 9.82. The molecule has 0 radical (unpaired) electrons. The fourth-order valence-electron chi connectivity index (χ4n) is 2.83. The zero-order valence-electron chi connectivity index (χ0n) is 13.1. The molecule has 0 N–H and O–H groups in total. The maximum Gasteiger partial charge on any atom is 0.293 e. The Hall–Kier alpha value is -3.02. The Morgan fingerprint density at radius 2 is 1.71 bits per heavy atom. The first-order chi connectivity index (χ1) is 11.5. The largest absolute Gasteiger partial charge is 0.460 e. The zero-order chi connectivity index (χ0) is 17.2. The number of aliphatic imine (C=N–C) groups is 1. The molecular formula is C18H16N2O4. The molecular weight excluding hydrogens is 308 g/mol. The lowest BCUT2D eigenvalue weighted by Crippen LogP contribution is -2.43. The predicted octanol–water partition coefficient (Wildman–Crippen LogP) is 2.81. The van der Waals surface area contributed by atoms with Gasteiger partial charge in [0, 0.05) is 10.5 Å². The number of rotatable bonds is 5. The molecule has 1 heterocycles. The van der Waals surface area contributed by atoms with E-state index in [1.807, 2.05) is 24.3 Å². The van der Waals surface area contributed by atoms with Crippen LogP contribution in [0.1, 0.15) is 24.0 Å². The van der Waals surface area contributed by atoms with E-state index in [9.17, 15) is 14.9 Å². The van der Waals surface area contributed by atoms with Crippen LogP contribution in [0, 0.1) is 10.1 Å². The average molecular weight is 324 g/mol. The van der Waals surface area contributed by atoms with Crippen LogP contribution < -0.4 is 0 Å². The molecule has 6 nitrogen and oxygen atoms in total. The Labute approximate surface area is 138 Å². The number of ether oxygens (including phenoxy) is 1. The smallest absolute Gasteiger partial charge is 0.293 e. The van der Waals surface area contributed by atoms with Crippen molar-refractivity contribution in [3.05, 3.63) is 81.9 Å². The summed E-state index contributed by atoms with van der Waals surface area (Å²) in [5.41, 5.74) is -0.0587. The highest BCUT2D eigenvalue weighted by Gasteiger charge is 2.51. The topological polar surface area (TPSA) is 81.8 Å². The Balaban J connectivity index is 1.96. The van der Waals surface area contributed by atoms with Crippen molar-refractivity contribution in [2.45, 2.75) is 18.4 Å². The molecule has 0 aliphatic carbocycles. The van der Waals surface area contributed by atoms with Crippen molar-refractivity contribution in [1.29, 1.82) is 0 Å². The van der Waals surface area contributed by atoms with E-state index in [4.69, 9.17) is 4.74 Å². The van der Waals surface area contributed by atoms with Crippen LogP contribution in [-0.2, 0) is 9.53 Å². The second kappa shape index (κ2) is 6.23. The van der Waals surface area contributed by atoms with Gasteiger partial charge >= 0.3 is 0 Å². The van der Waals surface area contributed by atoms with Crippen molar-refractivity contribution >= 4 is 11.8 Å². The van der Waals surface area contributed by atoms with Crippen LogP contribution in [0.4, 0.5) is 0 Å². The minimum absolute atomic E-state index is 0.201. The highest BCUT2D eigenvalue weighted by Crippen LogP contribution is 2.37. The maximum absolute atomic E-state index is 12.5. The van der Waals surface area contributed by atoms with E-state index >= 15 is 0 Å². The fourth-order valence-corrected chi connectivity index (χ4v) is 2.83. The summed E-state index contributed by atoms with van der Waals surface area (Å²) in [6.45, 7) is 1.15. The molecule has 0 bridgehead atoms. The summed E-state index contributed by atoms with van der Waals surface area (Å²) < 4.78 is 5.86. The third-order valence-corrected chi connectivity index (χ3v) is 4.16. The van der Waals surface area contributed by atoms with E-state index in [0.717, 1.165) is 0 Å². The van der Waals surface area contributed by atoms with E-state index in [0.29, 0.717) is 11.1 Å². The number of carbonyl (C=O) groups excluding carboxylic acids is 1. The molecule has 0 unspecified atom stereocenters. The van der Waals surface area contributed by atoms with E-state index in [2.05, 4.69) is 4.99 Å². The SMILES string of the molecule is C[C@@]1([C@H](C[N+](=O)[O-])c2ccccc2)OC(c2ccccc2)=NC1=O. The van der Waals surface area contributed by atoms with E-state index in [1.165, 1.54) is 0 Å². The maximum atomic E-state index is 12.5. The normalized spacial score (nSPS) is 21.0. The van der Waals surface area contributed by atoms with Gasteiger partial charge in [-0.1, -0.05) is 48.5 Å². The number of carbonyl (C=O) groups is 1. The second-order valence-corrected chi connectivity index (χ2v) is 5.78. The lowest BCUT2D eigenvalue weighted by molar-refractivity contribution is -0.486. The minimum atomic E-state index is -1.40. The molecule has 2 aromatic carbocycles. The molecule has 1 aliphatic heterocycles. The van der Waals surface area contributed by atoms with Gasteiger partial charge in [0.1, 0.15) is 0 Å². The van der Waals surface area contributed by atoms with Crippen molar-refractivity contribution < 1.29 is 14.5 Å². The Morgan fingerprint density at radius 1 is 1.12 bits per heavy atom. The standard InChI is InChI=1S/C18H16N2O4/c1-18(15(12-20(22)23)13-8-4-2-5-9-13)17(21)19-16(24-18)14-10-6-3-7-11-14/h2-11,15H,12H2,1H3/t15-,18+/m1/s1. The highest BCUT2D eigenvalue weighted by atomic mass is 16.6. The quantitative estimate of drug-likeness (QED) is 0.625. The molecule has 2 aromatic rings. The molecule has 122 valence electrons. The number of hydrogen-bond acceptors (Lipinski definition) is 4. The number of hydrogen-bond donors (Lipinski definition) is 0. The van der Waals surface area contributed by atoms with Gasteiger partial charge < -0.3 is 4.74 Å². The Morgan fingerprint density at radius 3 is 2.29 bits per heavy atom. The summed E-state index contributed by atoms with van der Waals surface area (Å²) in [5, 5.41) is 11.1. The number of nitro groups is 1. The van der Waals surface area contributed by atoms with Crippen molar-refractivity contribution in [2.75, 3.05) is 6.54 Å². The van der Waals surface area contributed by atoms with Gasteiger partial charge in [-0.2, -0.15) is 4.99 Å². The van der Waals surface area contributed by atoms with Crippen LogP contribution in [0.2, 0.25) is 0 Å². The van der Waals surface area contributed by atoms with Crippen LogP contribution in [-0.4, -0.2) is 28.9 Å². The summed E-state index contributed by atoms with van der Waals surface area (Å²) in [6, 6.07) is 17.9. The van der Waals surface area contributed by atoms with Crippen LogP contribution in [0.25, 0.3) is 0 Å². The number of benzene rings is 2. The van der Waals surface area contributed by atoms with Crippen LogP contribution in [0.3, 0.4) is 0 Å². The molecule has 0 aromatic heterocycles. The molecule has 0 fully saturated rings. The first-order valence-electron chi connectivity index (χ1n) is 7.55. The molecule has 1 amide bonds. The minimum Gasteiger partial charge on any atom is -0.460 e. The molecule has 6 heteroatoms. The number of nitrogens with zero attached hydrogens (tertiary/aromatic N) is 2. The molecule has 0 saturated heterocycles. The number of amides is 1. The molecule has 0 spiro atoms. The van der Waals surface area contributed by atoms with Gasteiger partial charge in [-0.25, -0.2) is 0 Å². The summed E-state index contributed by atoms with van der Waals surface area (Å²) >= 11 is 0. The first-order valence-corrected chi connectivity index (χ1v) is 7.55. The third-order valence-electron chi connectivity index (χ3n) is 4.16. The van der Waals surface area contributed by atoms with Gasteiger partial charge in [0.25, 0.3) is 5.91 Å². The van der Waals surface area contributed by atoms with Gasteiger partial charge in [0.05, 0.1) is 5.92 Å². The zero-order valence-corrected chi connectivity index (χ0v) is 13.1. The molecule has 0 saturated carbocycles. The lowest BCUT2D eigenvalue weighted by Gasteiger charge is -2.29. The summed E-state index contributed by atoms with van der Waals surface area (Å²) in [7, 11) is 0. The Bertz CT molecular complexity index is 789. The molecule has 3 rings (SSSR count). The Kier molecular flexibility index (Phi) is 4.12. The van der Waals surface area contributed by atoms with Crippen molar-refractivity contribution in [3.63, 3.8) is 0 Å². The average Bonchev–Trinajstić information content (AvgIpc) is 2.90. The monoisotopic (exact) mass is 324 g/mol. The first kappa shape index (κ1) is 15.9. The van der Waals surface area contributed by atoms with Crippen LogP contribution >= 0.6 is 0 Å². The van der Waals surface area contributed by atoms with Gasteiger partial charge in [0.2, 0.25) is 18.0 Å². The summed E-state index contributed by atoms with van der Waals surface area (Å²) in [6.07, 6.45) is 0. The van der Waals surface area contributed by atoms with Crippen molar-refractivity contribution in [1.82, 2.24) is 0 Å². The predicted molar refractivity (Wildman–Crippen MR) is 88.5 cm³/mol. The van der Waals surface area contributed by atoms with Crippen LogP contribution in [0.5, 0.6) is 0 Å². The van der Waals surface area contributed by atoms with E-state index in [1.54, 1.807) is 43.3 Å². The van der Waals surface area contributed by atoms with E-state index in [-0.39, 0.29) is 5.90 Å². The van der Waals surface area contributed by atoms with E-state index < -0.39 is 28.9 Å². The molecule has 1 aliphatic rings. The van der Waals surface area contributed by atoms with Gasteiger partial charge in [0.15, 0.2) is 0 Å². The van der Waals surface area contributed by atoms with Gasteiger partial charge in [-0.15, -0.1) is 0 Å². The van der Waals surface area contributed by atoms with Crippen LogP contribution in [0.15, 0.2) is 65.7 Å². The van der Waals surface area contributed by atoms with Gasteiger partial charge in [-0.05, 0) is 24.6 Å². The van der Waals surface area contributed by atoms with Crippen molar-refractivity contribution in [2.24, 2.45) is 4.99 Å². The fraction of sp³-hybridized carbons (Fsp3) is 0.222.